The molecule has 43 heavy (non-hydrogen) atoms. The van der Waals surface area contributed by atoms with Gasteiger partial charge in [0.25, 0.3) is 0 Å². The van der Waals surface area contributed by atoms with E-state index in [1.807, 2.05) is 20.8 Å². The third kappa shape index (κ3) is 15.9. The van der Waals surface area contributed by atoms with Gasteiger partial charge in [-0.1, -0.05) is 171 Å². The van der Waals surface area contributed by atoms with Gasteiger partial charge in [-0.2, -0.15) is 0 Å². The second-order valence-electron chi connectivity index (χ2n) is 16.5. The average Bonchev–Trinajstić information content (AvgIpc) is 2.93. The first-order valence-electron chi connectivity index (χ1n) is 18.8. The molecule has 254 valence electrons. The van der Waals surface area contributed by atoms with Crippen molar-refractivity contribution in [1.82, 2.24) is 0 Å². The Balaban J connectivity index is 2.10. The van der Waals surface area contributed by atoms with E-state index in [2.05, 4.69) is 48.5 Å². The van der Waals surface area contributed by atoms with Gasteiger partial charge < -0.3 is 10.2 Å². The molecule has 0 radical (unpaired) electrons. The van der Waals surface area contributed by atoms with E-state index in [1.54, 1.807) is 0 Å². The molecule has 0 saturated carbocycles. The Morgan fingerprint density at radius 2 is 0.884 bits per heavy atom. The zero-order chi connectivity index (χ0) is 32.6. The monoisotopic (exact) mass is 605 g/mol. The molecule has 0 aromatic rings. The Kier molecular flexibility index (Phi) is 19.9. The molecular formula is C40H76O3. The van der Waals surface area contributed by atoms with Gasteiger partial charge in [-0.15, -0.1) is 0 Å². The molecule has 7 atom stereocenters. The molecule has 0 saturated heterocycles. The number of rotatable bonds is 24. The van der Waals surface area contributed by atoms with Crippen molar-refractivity contribution in [2.45, 2.75) is 197 Å². The van der Waals surface area contributed by atoms with E-state index in [1.165, 1.54) is 103 Å². The van der Waals surface area contributed by atoms with E-state index in [9.17, 15) is 15.0 Å². The summed E-state index contributed by atoms with van der Waals surface area (Å²) in [4.78, 5) is 12.4. The Morgan fingerprint density at radius 3 is 1.26 bits per heavy atom. The van der Waals surface area contributed by atoms with Gasteiger partial charge in [0, 0.05) is 5.41 Å². The molecule has 0 fully saturated rings. The van der Waals surface area contributed by atoms with Crippen LogP contribution in [0, 0.1) is 40.9 Å². The standard InChI is InChI=1S/C40H76O3/c1-29(2)17-13-20-32(5)23-15-25-33(6)24-14-21-30(3)18-11-12-19-31(4)22-16-26-34(7)27-28-36-35(8)37(41)38(42)39(43)40(36,9)10/h29-34,38-39,42-43H,11-28H2,1-10H3/t30?,31?,32?,33-,34?,38?,39?/m0/s1. The van der Waals surface area contributed by atoms with Crippen molar-refractivity contribution >= 4 is 5.78 Å². The summed E-state index contributed by atoms with van der Waals surface area (Å²) in [7, 11) is 0. The van der Waals surface area contributed by atoms with Crippen molar-refractivity contribution in [1.29, 1.82) is 0 Å². The molecule has 0 amide bonds. The maximum atomic E-state index is 12.4. The Morgan fingerprint density at radius 1 is 0.558 bits per heavy atom. The van der Waals surface area contributed by atoms with Crippen LogP contribution in [0.15, 0.2) is 11.1 Å². The van der Waals surface area contributed by atoms with Crippen molar-refractivity contribution in [2.75, 3.05) is 0 Å². The van der Waals surface area contributed by atoms with E-state index in [0.717, 1.165) is 48.0 Å². The first-order valence-corrected chi connectivity index (χ1v) is 18.8. The van der Waals surface area contributed by atoms with Crippen LogP contribution >= 0.6 is 0 Å². The minimum absolute atomic E-state index is 0.300. The fourth-order valence-electron chi connectivity index (χ4n) is 7.50. The van der Waals surface area contributed by atoms with Crippen LogP contribution in [0.1, 0.15) is 185 Å². The normalized spacial score (nSPS) is 22.6. The summed E-state index contributed by atoms with van der Waals surface area (Å²) in [6, 6.07) is 0. The molecule has 3 nitrogen and oxygen atoms in total. The Bertz CT molecular complexity index is 781. The number of carbonyl (C=O) groups excluding carboxylic acids is 1. The van der Waals surface area contributed by atoms with Crippen molar-refractivity contribution < 1.29 is 15.0 Å². The van der Waals surface area contributed by atoms with Crippen molar-refractivity contribution in [3.63, 3.8) is 0 Å². The van der Waals surface area contributed by atoms with Crippen LogP contribution in [0.25, 0.3) is 0 Å². The maximum absolute atomic E-state index is 12.4. The molecule has 0 heterocycles. The SMILES string of the molecule is CC1=C(CCC(C)CCCC(C)CCCCC(C)CCC[C@H](C)CCCC(C)CCCC(C)C)C(C)(C)C(O)C(O)C1=O. The highest BCUT2D eigenvalue weighted by Gasteiger charge is 2.45. The lowest BCUT2D eigenvalue weighted by Crippen LogP contribution is -2.49. The molecule has 6 unspecified atom stereocenters. The summed E-state index contributed by atoms with van der Waals surface area (Å²) in [5, 5.41) is 20.6. The van der Waals surface area contributed by atoms with Crippen LogP contribution in [0.2, 0.25) is 0 Å². The lowest BCUT2D eigenvalue weighted by Gasteiger charge is -2.41. The third-order valence-electron chi connectivity index (χ3n) is 11.1. The molecule has 0 bridgehead atoms. The van der Waals surface area contributed by atoms with E-state index >= 15 is 0 Å². The zero-order valence-electron chi connectivity index (χ0n) is 30.6. The molecule has 1 aliphatic carbocycles. The molecular weight excluding hydrogens is 528 g/mol. The summed E-state index contributed by atoms with van der Waals surface area (Å²) in [6.07, 6.45) is 21.6. The number of ketones is 1. The molecule has 0 aliphatic heterocycles. The van der Waals surface area contributed by atoms with Crippen LogP contribution < -0.4 is 0 Å². The number of Topliss-reactive ketones (excluding diaryl/α,β-unsaturated/α-hetero) is 1. The summed E-state index contributed by atoms with van der Waals surface area (Å²) in [5.41, 5.74) is 1.15. The molecule has 1 aliphatic rings. The van der Waals surface area contributed by atoms with Gasteiger partial charge in [0.2, 0.25) is 0 Å². The largest absolute Gasteiger partial charge is 0.389 e. The third-order valence-corrected chi connectivity index (χ3v) is 11.1. The molecule has 2 N–H and O–H groups in total. The van der Waals surface area contributed by atoms with Crippen molar-refractivity contribution in [3.05, 3.63) is 11.1 Å². The van der Waals surface area contributed by atoms with Gasteiger partial charge in [0.15, 0.2) is 5.78 Å². The van der Waals surface area contributed by atoms with E-state index in [4.69, 9.17) is 0 Å². The van der Waals surface area contributed by atoms with E-state index in [0.29, 0.717) is 11.5 Å². The highest BCUT2D eigenvalue weighted by Crippen LogP contribution is 2.42. The van der Waals surface area contributed by atoms with Crippen LogP contribution in [-0.2, 0) is 4.79 Å². The van der Waals surface area contributed by atoms with Crippen LogP contribution in [0.3, 0.4) is 0 Å². The highest BCUT2D eigenvalue weighted by atomic mass is 16.3. The number of hydrogen-bond donors (Lipinski definition) is 2. The van der Waals surface area contributed by atoms with Gasteiger partial charge >= 0.3 is 0 Å². The minimum Gasteiger partial charge on any atom is -0.389 e. The van der Waals surface area contributed by atoms with Gasteiger partial charge in [0.1, 0.15) is 6.10 Å². The van der Waals surface area contributed by atoms with Gasteiger partial charge in [-0.3, -0.25) is 4.79 Å². The van der Waals surface area contributed by atoms with Crippen LogP contribution in [0.4, 0.5) is 0 Å². The summed E-state index contributed by atoms with van der Waals surface area (Å²) < 4.78 is 0. The molecule has 3 heteroatoms. The van der Waals surface area contributed by atoms with Crippen molar-refractivity contribution in [3.8, 4) is 0 Å². The second-order valence-corrected chi connectivity index (χ2v) is 16.5. The number of aliphatic hydroxyl groups excluding tert-OH is 2. The number of unbranched alkanes of at least 4 members (excludes halogenated alkanes) is 1. The zero-order valence-corrected chi connectivity index (χ0v) is 30.6. The fraction of sp³-hybridized carbons (Fsp3) is 0.925. The quantitative estimate of drug-likeness (QED) is 0.108. The highest BCUT2D eigenvalue weighted by molar-refractivity contribution is 6.00. The minimum atomic E-state index is -1.28. The predicted octanol–water partition coefficient (Wildman–Crippen LogP) is 11.5. The lowest BCUT2D eigenvalue weighted by atomic mass is 9.67. The lowest BCUT2D eigenvalue weighted by molar-refractivity contribution is -0.136. The predicted molar refractivity (Wildman–Crippen MR) is 187 cm³/mol. The summed E-state index contributed by atoms with van der Waals surface area (Å²) in [5.74, 6) is 4.64. The Hall–Kier alpha value is -0.670. The summed E-state index contributed by atoms with van der Waals surface area (Å²) >= 11 is 0. The van der Waals surface area contributed by atoms with Gasteiger partial charge in [-0.05, 0) is 60.8 Å². The van der Waals surface area contributed by atoms with Crippen LogP contribution in [0.5, 0.6) is 0 Å². The van der Waals surface area contributed by atoms with Crippen molar-refractivity contribution in [2.24, 2.45) is 40.9 Å². The Labute approximate surface area is 269 Å². The molecule has 0 aromatic carbocycles. The number of hydrogen-bond acceptors (Lipinski definition) is 3. The number of aliphatic hydroxyl groups is 2. The molecule has 1 rings (SSSR count). The van der Waals surface area contributed by atoms with Gasteiger partial charge in [0.05, 0.1) is 6.10 Å². The maximum Gasteiger partial charge on any atom is 0.189 e. The molecule has 0 spiro atoms. The van der Waals surface area contributed by atoms with E-state index < -0.39 is 17.6 Å². The average molecular weight is 605 g/mol. The van der Waals surface area contributed by atoms with E-state index in [-0.39, 0.29) is 5.78 Å². The summed E-state index contributed by atoms with van der Waals surface area (Å²) in [6.45, 7) is 22.6. The van der Waals surface area contributed by atoms with Crippen LogP contribution in [-0.4, -0.2) is 28.2 Å². The van der Waals surface area contributed by atoms with Gasteiger partial charge in [-0.25, -0.2) is 0 Å². The second kappa shape index (κ2) is 21.2. The first-order chi connectivity index (χ1) is 20.2. The molecule has 0 aromatic heterocycles. The fourth-order valence-corrected chi connectivity index (χ4v) is 7.50. The number of carbonyl (C=O) groups is 1. The smallest absolute Gasteiger partial charge is 0.189 e. The topological polar surface area (TPSA) is 57.5 Å². The first kappa shape index (κ1) is 40.4.